The lowest BCUT2D eigenvalue weighted by Gasteiger charge is -2.22. The smallest absolute Gasteiger partial charge is 0.344 e. The second-order valence-corrected chi connectivity index (χ2v) is 4.64. The van der Waals surface area contributed by atoms with Gasteiger partial charge in [-0.3, -0.25) is 4.79 Å². The first kappa shape index (κ1) is 15.9. The molecule has 1 unspecified atom stereocenters. The van der Waals surface area contributed by atoms with Crippen LogP contribution in [0.3, 0.4) is 0 Å². The number of halogens is 6. The minimum Gasteiger partial charge on any atom is -0.344 e. The van der Waals surface area contributed by atoms with E-state index in [1.54, 1.807) is 23.5 Å². The van der Waals surface area contributed by atoms with Crippen LogP contribution in [0, 0.1) is 0 Å². The van der Waals surface area contributed by atoms with Crippen molar-refractivity contribution >= 4 is 21.8 Å². The first-order valence-electron chi connectivity index (χ1n) is 5.07. The Kier molecular flexibility index (Phi) is 4.54. The molecule has 1 atom stereocenters. The quantitative estimate of drug-likeness (QED) is 0.829. The molecule has 1 amide bonds. The van der Waals surface area contributed by atoms with Crippen LogP contribution in [0.5, 0.6) is 0 Å². The maximum atomic E-state index is 12.8. The normalized spacial score (nSPS) is 14.1. The molecule has 1 N–H and O–H groups in total. The van der Waals surface area contributed by atoms with Gasteiger partial charge in [0.25, 0.3) is 0 Å². The van der Waals surface area contributed by atoms with Crippen LogP contribution in [-0.4, -0.2) is 18.0 Å². The van der Waals surface area contributed by atoms with Crippen LogP contribution in [0.4, 0.5) is 22.0 Å². The lowest BCUT2D eigenvalue weighted by molar-refractivity contribution is -0.270. The molecule has 0 aromatic heterocycles. The van der Waals surface area contributed by atoms with Crippen molar-refractivity contribution in [2.45, 2.75) is 25.1 Å². The molecule has 0 spiro atoms. The summed E-state index contributed by atoms with van der Waals surface area (Å²) in [5, 5.41) is 1.64. The van der Waals surface area contributed by atoms with Gasteiger partial charge < -0.3 is 5.32 Å². The van der Waals surface area contributed by atoms with Crippen LogP contribution < -0.4 is 5.32 Å². The van der Waals surface area contributed by atoms with E-state index >= 15 is 0 Å². The van der Waals surface area contributed by atoms with Gasteiger partial charge in [-0.1, -0.05) is 34.1 Å². The Labute approximate surface area is 114 Å². The molecule has 0 aliphatic heterocycles. The van der Waals surface area contributed by atoms with E-state index in [4.69, 9.17) is 0 Å². The fourth-order valence-electron chi connectivity index (χ4n) is 1.32. The van der Waals surface area contributed by atoms with Gasteiger partial charge in [-0.25, -0.2) is 0 Å². The van der Waals surface area contributed by atoms with Gasteiger partial charge in [0.2, 0.25) is 0 Å². The van der Waals surface area contributed by atoms with Crippen molar-refractivity contribution in [2.75, 3.05) is 0 Å². The third-order valence-corrected chi connectivity index (χ3v) is 3.08. The van der Waals surface area contributed by atoms with Crippen molar-refractivity contribution in [2.24, 2.45) is 0 Å². The van der Waals surface area contributed by atoms with Crippen molar-refractivity contribution in [1.29, 1.82) is 0 Å². The number of benzene rings is 1. The summed E-state index contributed by atoms with van der Waals surface area (Å²) in [6.45, 7) is 1.31. The van der Waals surface area contributed by atoms with Crippen LogP contribution in [-0.2, 0) is 4.79 Å². The van der Waals surface area contributed by atoms with Gasteiger partial charge >= 0.3 is 18.0 Å². The van der Waals surface area contributed by atoms with Gasteiger partial charge in [-0.15, -0.1) is 0 Å². The van der Waals surface area contributed by atoms with Crippen LogP contribution in [0.15, 0.2) is 28.7 Å². The van der Waals surface area contributed by atoms with E-state index in [9.17, 15) is 26.7 Å². The van der Waals surface area contributed by atoms with E-state index < -0.39 is 24.0 Å². The van der Waals surface area contributed by atoms with Gasteiger partial charge in [0.15, 0.2) is 0 Å². The van der Waals surface area contributed by atoms with Crippen LogP contribution in [0.25, 0.3) is 0 Å². The summed E-state index contributed by atoms with van der Waals surface area (Å²) in [6.07, 6.45) is -5.91. The Morgan fingerprint density at radius 3 is 2.21 bits per heavy atom. The Balaban J connectivity index is 2.87. The number of nitrogens with one attached hydrogen (secondary N) is 1. The lowest BCUT2D eigenvalue weighted by atomic mass is 10.1. The molecule has 106 valence electrons. The zero-order chi connectivity index (χ0) is 14.8. The van der Waals surface area contributed by atoms with Gasteiger partial charge in [-0.05, 0) is 18.6 Å². The maximum absolute atomic E-state index is 12.8. The molecule has 0 saturated carbocycles. The van der Waals surface area contributed by atoms with Crippen molar-refractivity contribution in [3.05, 3.63) is 34.3 Å². The number of hydrogen-bond donors (Lipinski definition) is 1. The molecule has 0 aliphatic carbocycles. The van der Waals surface area contributed by atoms with E-state index in [-0.39, 0.29) is 0 Å². The molecule has 0 fully saturated rings. The Bertz CT molecular complexity index is 474. The van der Waals surface area contributed by atoms with E-state index in [1.807, 2.05) is 0 Å². The molecule has 19 heavy (non-hydrogen) atoms. The highest BCUT2D eigenvalue weighted by molar-refractivity contribution is 9.10. The molecule has 0 heterocycles. The molecule has 0 saturated heterocycles. The summed E-state index contributed by atoms with van der Waals surface area (Å²) >= 11 is 3.12. The number of carbonyl (C=O) groups is 1. The summed E-state index contributed by atoms with van der Waals surface area (Å²) in [7, 11) is 0. The molecule has 1 aromatic carbocycles. The number of rotatable bonds is 3. The van der Waals surface area contributed by atoms with Crippen molar-refractivity contribution < 1.29 is 26.7 Å². The van der Waals surface area contributed by atoms with Gasteiger partial charge in [-0.2, -0.15) is 22.0 Å². The monoisotopic (exact) mass is 345 g/mol. The van der Waals surface area contributed by atoms with Crippen LogP contribution >= 0.6 is 15.9 Å². The van der Waals surface area contributed by atoms with Crippen molar-refractivity contribution in [1.82, 2.24) is 5.32 Å². The minimum absolute atomic E-state index is 0.397. The Hall–Kier alpha value is -1.18. The standard InChI is InChI=1S/C11H9BrF5NO/c1-6(7-4-2-3-5-8(7)12)18-9(19)10(13,14)11(15,16)17/h2-6H,1H3,(H,18,19). The van der Waals surface area contributed by atoms with Crippen LogP contribution in [0.1, 0.15) is 18.5 Å². The van der Waals surface area contributed by atoms with Gasteiger partial charge in [0.1, 0.15) is 0 Å². The Morgan fingerprint density at radius 2 is 1.74 bits per heavy atom. The zero-order valence-electron chi connectivity index (χ0n) is 9.56. The van der Waals surface area contributed by atoms with E-state index in [0.717, 1.165) is 0 Å². The molecule has 0 radical (unpaired) electrons. The minimum atomic E-state index is -5.91. The number of amides is 1. The topological polar surface area (TPSA) is 29.1 Å². The average Bonchev–Trinajstić information content (AvgIpc) is 2.27. The molecule has 0 bridgehead atoms. The molecule has 1 aromatic rings. The second-order valence-electron chi connectivity index (χ2n) is 3.79. The molecule has 8 heteroatoms. The third-order valence-electron chi connectivity index (χ3n) is 2.36. The lowest BCUT2D eigenvalue weighted by Crippen LogP contribution is -2.50. The number of hydrogen-bond acceptors (Lipinski definition) is 1. The molecule has 0 aliphatic rings. The predicted octanol–water partition coefficient (Wildman–Crippen LogP) is 3.82. The maximum Gasteiger partial charge on any atom is 0.463 e. The largest absolute Gasteiger partial charge is 0.463 e. The summed E-state index contributed by atoms with van der Waals surface area (Å²) in [6, 6.07) is 5.31. The molecular formula is C11H9BrF5NO. The fraction of sp³-hybridized carbons (Fsp3) is 0.364. The van der Waals surface area contributed by atoms with E-state index in [2.05, 4.69) is 15.9 Å². The number of carbonyl (C=O) groups excluding carboxylic acids is 1. The number of alkyl halides is 5. The van der Waals surface area contributed by atoms with Crippen molar-refractivity contribution in [3.8, 4) is 0 Å². The summed E-state index contributed by atoms with van der Waals surface area (Å²) in [4.78, 5) is 11.0. The average molecular weight is 346 g/mol. The molecule has 1 rings (SSSR count). The van der Waals surface area contributed by atoms with Crippen molar-refractivity contribution in [3.63, 3.8) is 0 Å². The molecular weight excluding hydrogens is 337 g/mol. The highest BCUT2D eigenvalue weighted by Crippen LogP contribution is 2.36. The molecule has 2 nitrogen and oxygen atoms in total. The highest BCUT2D eigenvalue weighted by Gasteiger charge is 2.63. The first-order chi connectivity index (χ1) is 8.57. The predicted molar refractivity (Wildman–Crippen MR) is 61.7 cm³/mol. The van der Waals surface area contributed by atoms with Crippen LogP contribution in [0.2, 0.25) is 0 Å². The SMILES string of the molecule is CC(NC(=O)C(F)(F)C(F)(F)F)c1ccccc1Br. The first-order valence-corrected chi connectivity index (χ1v) is 5.86. The summed E-state index contributed by atoms with van der Waals surface area (Å²) in [5.41, 5.74) is 0.397. The zero-order valence-corrected chi connectivity index (χ0v) is 11.1. The second kappa shape index (κ2) is 5.44. The fourth-order valence-corrected chi connectivity index (χ4v) is 1.95. The van der Waals surface area contributed by atoms with Gasteiger partial charge in [0.05, 0.1) is 6.04 Å². The summed E-state index contributed by atoms with van der Waals surface area (Å²) in [5.74, 6) is -7.79. The highest BCUT2D eigenvalue weighted by atomic mass is 79.9. The van der Waals surface area contributed by atoms with E-state index in [0.29, 0.717) is 10.0 Å². The third kappa shape index (κ3) is 3.43. The summed E-state index contributed by atoms with van der Waals surface area (Å²) < 4.78 is 62.0. The van der Waals surface area contributed by atoms with E-state index in [1.165, 1.54) is 13.0 Å². The van der Waals surface area contributed by atoms with Gasteiger partial charge in [0, 0.05) is 4.47 Å². The Morgan fingerprint density at radius 1 is 1.21 bits per heavy atom.